The normalized spacial score (nSPS) is 23.7. The molecular weight excluding hydrogens is 539 g/mol. The monoisotopic (exact) mass is 561 g/mol. The fourth-order valence-corrected chi connectivity index (χ4v) is 4.11. The molecule has 1 aliphatic rings. The molecular formula is C15H22NaO15S3+. The molecule has 0 aliphatic carbocycles. The molecule has 1 aromatic rings. The van der Waals surface area contributed by atoms with E-state index in [0.717, 1.165) is 0 Å². The molecule has 1 aromatic carbocycles. The van der Waals surface area contributed by atoms with E-state index in [2.05, 4.69) is 12.5 Å². The largest absolute Gasteiger partial charge is 1.00 e. The number of ether oxygens (including phenoxy) is 3. The van der Waals surface area contributed by atoms with Crippen LogP contribution in [0.1, 0.15) is 6.42 Å². The van der Waals surface area contributed by atoms with E-state index in [4.69, 9.17) is 27.9 Å². The minimum Gasteiger partial charge on any atom is -0.494 e. The van der Waals surface area contributed by atoms with Crippen LogP contribution in [0.5, 0.6) is 5.75 Å². The topological polar surface area (TPSA) is 218 Å². The van der Waals surface area contributed by atoms with Gasteiger partial charge in [0, 0.05) is 6.42 Å². The molecule has 190 valence electrons. The van der Waals surface area contributed by atoms with Crippen LogP contribution < -0.4 is 34.3 Å². The summed E-state index contributed by atoms with van der Waals surface area (Å²) in [7, 11) is -15.2. The van der Waals surface area contributed by atoms with Crippen molar-refractivity contribution in [3.05, 3.63) is 30.3 Å². The summed E-state index contributed by atoms with van der Waals surface area (Å²) in [5, 5.41) is 0. The van der Waals surface area contributed by atoms with Crippen molar-refractivity contribution in [3.8, 4) is 5.75 Å². The quantitative estimate of drug-likeness (QED) is 0.121. The summed E-state index contributed by atoms with van der Waals surface area (Å²) < 4.78 is 123. The van der Waals surface area contributed by atoms with Gasteiger partial charge < -0.3 is 14.2 Å². The maximum absolute atomic E-state index is 11.3. The molecule has 1 heterocycles. The van der Waals surface area contributed by atoms with E-state index >= 15 is 0 Å². The van der Waals surface area contributed by atoms with Crippen LogP contribution in [0.2, 0.25) is 0 Å². The second-order valence-electron chi connectivity index (χ2n) is 6.49. The summed E-state index contributed by atoms with van der Waals surface area (Å²) in [5.74, 6) is 0.561. The number of rotatable bonds is 13. The van der Waals surface area contributed by atoms with E-state index in [-0.39, 0.29) is 49.2 Å². The molecule has 0 aromatic heterocycles. The molecule has 2 rings (SSSR count). The first-order valence-corrected chi connectivity index (χ1v) is 13.2. The van der Waals surface area contributed by atoms with Gasteiger partial charge in [0.25, 0.3) is 0 Å². The van der Waals surface area contributed by atoms with Gasteiger partial charge in [-0.2, -0.15) is 25.3 Å². The molecule has 19 heteroatoms. The van der Waals surface area contributed by atoms with E-state index < -0.39 is 68.8 Å². The molecule has 4 atom stereocenters. The summed E-state index contributed by atoms with van der Waals surface area (Å²) in [6.45, 7) is -1.69. The Morgan fingerprint density at radius 2 is 1.47 bits per heavy atom. The standard InChI is InChI=1S/C15H22O15S3.Na/c16-31(17,18)28-10-12-15(30-33(22,23)24)14(13(9-27-12)29-32(19,20)21)26-8-4-7-25-11-5-2-1-3-6-11;/h1-3,5-6,12-15H,4,7-10H2,(H,16,17,18)(H,19,20,21)(H,22,23,24);/q;+1/t12-,13+,14-,15-;/m1./s1. The van der Waals surface area contributed by atoms with E-state index in [1.54, 1.807) is 30.3 Å². The van der Waals surface area contributed by atoms with Crippen LogP contribution in [0.4, 0.5) is 0 Å². The minimum absolute atomic E-state index is 0. The smallest absolute Gasteiger partial charge is 0.494 e. The van der Waals surface area contributed by atoms with Crippen molar-refractivity contribution in [2.45, 2.75) is 30.8 Å². The first-order chi connectivity index (χ1) is 15.2. The maximum Gasteiger partial charge on any atom is 1.00 e. The summed E-state index contributed by atoms with van der Waals surface area (Å²) in [5.41, 5.74) is 0. The number of benzene rings is 1. The Kier molecular flexibility index (Phi) is 12.8. The Labute approximate surface area is 218 Å². The van der Waals surface area contributed by atoms with E-state index in [1.807, 2.05) is 0 Å². The third kappa shape index (κ3) is 12.5. The van der Waals surface area contributed by atoms with Crippen LogP contribution in [0.15, 0.2) is 30.3 Å². The molecule has 1 aliphatic heterocycles. The zero-order valence-corrected chi connectivity index (χ0v) is 22.1. The van der Waals surface area contributed by atoms with Crippen LogP contribution in [0, 0.1) is 0 Å². The van der Waals surface area contributed by atoms with Gasteiger partial charge in [-0.1, -0.05) is 18.2 Å². The molecule has 15 nitrogen and oxygen atoms in total. The Hall–Kier alpha value is -0.450. The van der Waals surface area contributed by atoms with Crippen molar-refractivity contribution in [3.63, 3.8) is 0 Å². The molecule has 34 heavy (non-hydrogen) atoms. The average Bonchev–Trinajstić information content (AvgIpc) is 2.66. The van der Waals surface area contributed by atoms with Crippen LogP contribution in [0.3, 0.4) is 0 Å². The molecule has 3 N–H and O–H groups in total. The van der Waals surface area contributed by atoms with E-state index in [0.29, 0.717) is 5.75 Å². The maximum atomic E-state index is 11.3. The summed E-state index contributed by atoms with van der Waals surface area (Å²) in [6, 6.07) is 8.68. The molecule has 1 saturated heterocycles. The molecule has 0 amide bonds. The first-order valence-electron chi connectivity index (χ1n) is 9.08. The van der Waals surface area contributed by atoms with Gasteiger partial charge in [-0.05, 0) is 12.1 Å². The summed E-state index contributed by atoms with van der Waals surface area (Å²) in [4.78, 5) is 0. The van der Waals surface area contributed by atoms with E-state index in [1.165, 1.54) is 0 Å². The van der Waals surface area contributed by atoms with Gasteiger partial charge in [0.05, 0.1) is 26.4 Å². The van der Waals surface area contributed by atoms with Crippen LogP contribution in [-0.4, -0.2) is 89.8 Å². The number of para-hydroxylation sites is 1. The Balaban J connectivity index is 0.00000578. The van der Waals surface area contributed by atoms with E-state index in [9.17, 15) is 25.3 Å². The predicted molar refractivity (Wildman–Crippen MR) is 106 cm³/mol. The molecule has 0 bridgehead atoms. The van der Waals surface area contributed by atoms with Crippen LogP contribution in [0.25, 0.3) is 0 Å². The summed E-state index contributed by atoms with van der Waals surface area (Å²) in [6.07, 6.45) is -6.59. The van der Waals surface area contributed by atoms with Gasteiger partial charge in [-0.15, -0.1) is 0 Å². The van der Waals surface area contributed by atoms with Crippen LogP contribution >= 0.6 is 0 Å². The second-order valence-corrected chi connectivity index (χ2v) is 9.67. The minimum atomic E-state index is -5.20. The van der Waals surface area contributed by atoms with Gasteiger partial charge in [0.2, 0.25) is 0 Å². The number of hydrogen-bond donors (Lipinski definition) is 3. The molecule has 0 unspecified atom stereocenters. The van der Waals surface area contributed by atoms with Crippen molar-refractivity contribution < 1.29 is 95.2 Å². The number of hydrogen-bond acceptors (Lipinski definition) is 12. The van der Waals surface area contributed by atoms with Gasteiger partial charge in [-0.25, -0.2) is 12.5 Å². The van der Waals surface area contributed by atoms with Gasteiger partial charge in [0.15, 0.2) is 0 Å². The predicted octanol–water partition coefficient (Wildman–Crippen LogP) is -3.56. The fraction of sp³-hybridized carbons (Fsp3) is 0.600. The second kappa shape index (κ2) is 13.7. The molecule has 0 spiro atoms. The molecule has 0 radical (unpaired) electrons. The zero-order valence-electron chi connectivity index (χ0n) is 17.7. The SMILES string of the molecule is O=S(=O)(O)OC[C@H]1OC[C@H](OS(=O)(=O)O)[C@@H](OCCCOc2ccccc2)[C@@H]1OS(=O)(=O)O.[Na+]. The Morgan fingerprint density at radius 3 is 2.03 bits per heavy atom. The zero-order chi connectivity index (χ0) is 24.7. The Morgan fingerprint density at radius 1 is 0.853 bits per heavy atom. The van der Waals surface area contributed by atoms with Crippen molar-refractivity contribution >= 4 is 31.2 Å². The molecule has 0 saturated carbocycles. The van der Waals surface area contributed by atoms with Gasteiger partial charge in [0.1, 0.15) is 30.2 Å². The Bertz CT molecular complexity index is 1060. The van der Waals surface area contributed by atoms with Gasteiger partial charge >= 0.3 is 60.8 Å². The van der Waals surface area contributed by atoms with Crippen molar-refractivity contribution in [2.24, 2.45) is 0 Å². The third-order valence-corrected chi connectivity index (χ3v) is 5.39. The van der Waals surface area contributed by atoms with Crippen molar-refractivity contribution in [1.82, 2.24) is 0 Å². The van der Waals surface area contributed by atoms with Crippen molar-refractivity contribution in [2.75, 3.05) is 26.4 Å². The average molecular weight is 562 g/mol. The molecule has 1 fully saturated rings. The van der Waals surface area contributed by atoms with Crippen molar-refractivity contribution in [1.29, 1.82) is 0 Å². The first kappa shape index (κ1) is 31.6. The fourth-order valence-electron chi connectivity index (χ4n) is 2.81. The summed E-state index contributed by atoms with van der Waals surface area (Å²) >= 11 is 0. The van der Waals surface area contributed by atoms with Crippen LogP contribution in [-0.2, 0) is 53.2 Å². The third-order valence-electron chi connectivity index (χ3n) is 4.00. The van der Waals surface area contributed by atoms with Gasteiger partial charge in [-0.3, -0.25) is 13.7 Å².